The number of aromatic nitrogens is 2. The average Bonchev–Trinajstić information content (AvgIpc) is 3.49. The molecule has 3 atom stereocenters. The maximum atomic E-state index is 14.2. The van der Waals surface area contributed by atoms with Crippen LogP contribution in [0.2, 0.25) is 0 Å². The minimum absolute atomic E-state index is 0.0227. The molecule has 0 bridgehead atoms. The first-order valence-corrected chi connectivity index (χ1v) is 17.9. The first-order chi connectivity index (χ1) is 25.0. The van der Waals surface area contributed by atoms with Gasteiger partial charge in [-0.3, -0.25) is 14.4 Å². The summed E-state index contributed by atoms with van der Waals surface area (Å²) in [7, 11) is 0. The van der Waals surface area contributed by atoms with Gasteiger partial charge in [0.25, 0.3) is 5.56 Å². The van der Waals surface area contributed by atoms with Gasteiger partial charge in [-0.2, -0.15) is 0 Å². The van der Waals surface area contributed by atoms with E-state index < -0.39 is 35.5 Å². The molecule has 2 aliphatic heterocycles. The molecule has 4 aromatic rings. The Balaban J connectivity index is 1.29. The lowest BCUT2D eigenvalue weighted by Gasteiger charge is -2.37. The normalized spacial score (nSPS) is 17.1. The van der Waals surface area contributed by atoms with Gasteiger partial charge in [-0.25, -0.2) is 14.6 Å². The highest BCUT2D eigenvalue weighted by molar-refractivity contribution is 5.93. The van der Waals surface area contributed by atoms with E-state index in [1.54, 1.807) is 17.6 Å². The Hall–Kier alpha value is -5.36. The van der Waals surface area contributed by atoms with Crippen LogP contribution in [0, 0.1) is 5.92 Å². The second kappa shape index (κ2) is 15.5. The van der Waals surface area contributed by atoms with E-state index in [1.807, 2.05) is 74.5 Å². The smallest absolute Gasteiger partial charge is 0.355 e. The van der Waals surface area contributed by atoms with E-state index in [0.717, 1.165) is 22.0 Å². The molecule has 2 aromatic heterocycles. The zero-order valence-electron chi connectivity index (χ0n) is 29.8. The molecule has 12 nitrogen and oxygen atoms in total. The minimum atomic E-state index is -1.94. The van der Waals surface area contributed by atoms with Crippen molar-refractivity contribution in [2.24, 2.45) is 11.7 Å². The molecule has 4 heterocycles. The monoisotopic (exact) mass is 707 g/mol. The van der Waals surface area contributed by atoms with Crippen molar-refractivity contribution in [3.8, 4) is 11.4 Å². The van der Waals surface area contributed by atoms with Crippen molar-refractivity contribution in [1.82, 2.24) is 20.2 Å². The van der Waals surface area contributed by atoms with Gasteiger partial charge >= 0.3 is 11.9 Å². The van der Waals surface area contributed by atoms with Crippen molar-refractivity contribution in [2.75, 3.05) is 6.54 Å². The number of hydrogen-bond acceptors (Lipinski definition) is 9. The average molecular weight is 708 g/mol. The molecule has 4 N–H and O–H groups in total. The molecule has 0 radical (unpaired) electrons. The van der Waals surface area contributed by atoms with Gasteiger partial charge in [0.15, 0.2) is 0 Å². The molecule has 2 aliphatic rings. The van der Waals surface area contributed by atoms with E-state index >= 15 is 0 Å². The number of esters is 2. The Kier molecular flexibility index (Phi) is 10.8. The van der Waals surface area contributed by atoms with Gasteiger partial charge in [0.1, 0.15) is 18.7 Å². The molecule has 2 aromatic carbocycles. The highest BCUT2D eigenvalue weighted by atomic mass is 16.6. The summed E-state index contributed by atoms with van der Waals surface area (Å²) in [5, 5.41) is 6.58. The topological polar surface area (TPSA) is 172 Å². The summed E-state index contributed by atoms with van der Waals surface area (Å²) in [5.74, 6) is -2.60. The molecule has 2 amide bonds. The van der Waals surface area contributed by atoms with Gasteiger partial charge in [-0.1, -0.05) is 69.3 Å². The summed E-state index contributed by atoms with van der Waals surface area (Å²) in [4.78, 5) is 73.5. The lowest BCUT2D eigenvalue weighted by atomic mass is 9.85. The summed E-state index contributed by atoms with van der Waals surface area (Å²) in [6.07, 6.45) is 1.79. The van der Waals surface area contributed by atoms with Gasteiger partial charge in [0.2, 0.25) is 17.4 Å². The number of cyclic esters (lactones) is 1. The molecule has 6 rings (SSSR count). The Bertz CT molecular complexity index is 2060. The summed E-state index contributed by atoms with van der Waals surface area (Å²) in [6, 6.07) is 18.5. The molecule has 12 heteroatoms. The zero-order valence-corrected chi connectivity index (χ0v) is 29.8. The van der Waals surface area contributed by atoms with E-state index in [2.05, 4.69) is 10.6 Å². The molecular formula is C40H45N5O7. The maximum absolute atomic E-state index is 14.2. The van der Waals surface area contributed by atoms with Crippen LogP contribution in [0.5, 0.6) is 0 Å². The van der Waals surface area contributed by atoms with Gasteiger partial charge in [-0.15, -0.1) is 0 Å². The Morgan fingerprint density at radius 2 is 1.75 bits per heavy atom. The number of para-hydroxylation sites is 1. The molecular weight excluding hydrogens is 662 g/mol. The van der Waals surface area contributed by atoms with Gasteiger partial charge in [-0.05, 0) is 68.3 Å². The molecule has 0 aliphatic carbocycles. The van der Waals surface area contributed by atoms with E-state index in [1.165, 1.54) is 0 Å². The summed E-state index contributed by atoms with van der Waals surface area (Å²) in [5.41, 5.74) is 7.44. The number of hydrogen-bond donors (Lipinski definition) is 3. The van der Waals surface area contributed by atoms with E-state index in [4.69, 9.17) is 20.2 Å². The first kappa shape index (κ1) is 36.4. The number of fused-ring (bicyclic) bond motifs is 5. The molecule has 52 heavy (non-hydrogen) atoms. The van der Waals surface area contributed by atoms with Crippen LogP contribution in [0.1, 0.15) is 75.1 Å². The Morgan fingerprint density at radius 3 is 2.48 bits per heavy atom. The second-order valence-corrected chi connectivity index (χ2v) is 13.9. The molecule has 0 saturated carbocycles. The molecule has 2 unspecified atom stereocenters. The number of carbonyl (C=O) groups excluding carboxylic acids is 4. The number of benzene rings is 2. The number of nitrogens with zero attached hydrogens (tertiary/aromatic N) is 2. The van der Waals surface area contributed by atoms with Crippen molar-refractivity contribution in [1.29, 1.82) is 0 Å². The standard InChI is InChI=1S/C40H45N5O7/c1-4-40(29-21-33-35-27(20-26-14-8-9-15-30(26)43-35)22-45(33)37(48)28(29)23-51-39(40)50)52-38(49)32(18-24(2)3)44-36(47)31(16-10-11-17-41)42-34(46)19-25-12-6-5-7-13-25/h5-9,12-15,20-21,24,31-32H,4,10-11,16-19,22-23,41H2,1-3H3,(H,42,46)(H,44,47)/t31?,32?,40-/m0/s1. The van der Waals surface area contributed by atoms with Crippen LogP contribution in [-0.2, 0) is 53.8 Å². The Morgan fingerprint density at radius 1 is 1.00 bits per heavy atom. The third-order valence-electron chi connectivity index (χ3n) is 9.77. The van der Waals surface area contributed by atoms with Crippen molar-refractivity contribution in [3.05, 3.63) is 99.3 Å². The number of unbranched alkanes of at least 4 members (excludes halogenated alkanes) is 1. The van der Waals surface area contributed by atoms with E-state index in [9.17, 15) is 24.0 Å². The largest absolute Gasteiger partial charge is 0.457 e. The number of rotatable bonds is 14. The fraction of sp³-hybridized carbons (Fsp3) is 0.400. The van der Waals surface area contributed by atoms with Crippen molar-refractivity contribution in [2.45, 2.75) is 90.1 Å². The lowest BCUT2D eigenvalue weighted by Crippen LogP contribution is -2.55. The zero-order chi connectivity index (χ0) is 37.0. The SMILES string of the molecule is CC[C@@]1(OC(=O)C(CC(C)C)NC(=O)C(CCCCN)NC(=O)Cc2ccccc2)C(=O)OCc2c1cc1n(c2=O)Cc2cc3ccccc3nc2-1. The quantitative estimate of drug-likeness (QED) is 0.114. The number of carbonyl (C=O) groups is 4. The highest BCUT2D eigenvalue weighted by Crippen LogP contribution is 2.41. The third kappa shape index (κ3) is 7.34. The fourth-order valence-electron chi connectivity index (χ4n) is 7.07. The second-order valence-electron chi connectivity index (χ2n) is 13.9. The minimum Gasteiger partial charge on any atom is -0.457 e. The van der Waals surface area contributed by atoms with Crippen LogP contribution in [0.15, 0.2) is 71.5 Å². The molecule has 0 spiro atoms. The van der Waals surface area contributed by atoms with Crippen LogP contribution in [0.4, 0.5) is 0 Å². The number of nitrogens with one attached hydrogen (secondary N) is 2. The van der Waals surface area contributed by atoms with Crippen LogP contribution < -0.4 is 21.9 Å². The van der Waals surface area contributed by atoms with Gasteiger partial charge in [0, 0.05) is 16.5 Å². The Labute approximate surface area is 302 Å². The predicted molar refractivity (Wildman–Crippen MR) is 195 cm³/mol. The summed E-state index contributed by atoms with van der Waals surface area (Å²) in [6.45, 7) is 5.93. The molecule has 0 saturated heterocycles. The maximum Gasteiger partial charge on any atom is 0.355 e. The molecule has 0 fully saturated rings. The van der Waals surface area contributed by atoms with E-state index in [-0.39, 0.29) is 54.4 Å². The van der Waals surface area contributed by atoms with Crippen molar-refractivity contribution < 1.29 is 28.7 Å². The predicted octanol–water partition coefficient (Wildman–Crippen LogP) is 4.02. The van der Waals surface area contributed by atoms with Crippen molar-refractivity contribution in [3.63, 3.8) is 0 Å². The van der Waals surface area contributed by atoms with Crippen LogP contribution in [-0.4, -0.2) is 51.9 Å². The fourth-order valence-corrected chi connectivity index (χ4v) is 7.07. The first-order valence-electron chi connectivity index (χ1n) is 17.9. The van der Waals surface area contributed by atoms with Crippen molar-refractivity contribution >= 4 is 34.7 Å². The number of nitrogens with two attached hydrogens (primary N) is 1. The number of ether oxygens (including phenoxy) is 2. The lowest BCUT2D eigenvalue weighted by molar-refractivity contribution is -0.191. The molecule has 272 valence electrons. The summed E-state index contributed by atoms with van der Waals surface area (Å²) < 4.78 is 13.3. The van der Waals surface area contributed by atoms with Crippen LogP contribution >= 0.6 is 0 Å². The number of amides is 2. The number of pyridine rings is 2. The summed E-state index contributed by atoms with van der Waals surface area (Å²) >= 11 is 0. The van der Waals surface area contributed by atoms with Gasteiger partial charge in [0.05, 0.1) is 35.4 Å². The van der Waals surface area contributed by atoms with Crippen LogP contribution in [0.3, 0.4) is 0 Å². The third-order valence-corrected chi connectivity index (χ3v) is 9.77. The highest BCUT2D eigenvalue weighted by Gasteiger charge is 2.51. The van der Waals surface area contributed by atoms with E-state index in [0.29, 0.717) is 43.7 Å². The van der Waals surface area contributed by atoms with Gasteiger partial charge < -0.3 is 30.4 Å². The van der Waals surface area contributed by atoms with Crippen LogP contribution in [0.25, 0.3) is 22.3 Å².